The van der Waals surface area contributed by atoms with Gasteiger partial charge in [-0.05, 0) is 32.0 Å². The van der Waals surface area contributed by atoms with Crippen LogP contribution < -0.4 is 5.32 Å². The lowest BCUT2D eigenvalue weighted by Crippen LogP contribution is -2.22. The summed E-state index contributed by atoms with van der Waals surface area (Å²) in [4.78, 5) is 4.39. The number of rotatable bonds is 5. The van der Waals surface area contributed by atoms with Crippen LogP contribution in [0.5, 0.6) is 0 Å². The Balaban J connectivity index is 2.31. The third-order valence-electron chi connectivity index (χ3n) is 3.39. The maximum atomic E-state index is 4.39. The van der Waals surface area contributed by atoms with E-state index in [1.807, 2.05) is 33.4 Å². The lowest BCUT2D eigenvalue weighted by Gasteiger charge is -2.19. The van der Waals surface area contributed by atoms with Crippen LogP contribution in [0.15, 0.2) is 18.5 Å². The molecular formula is C14H21N5. The van der Waals surface area contributed by atoms with Crippen molar-refractivity contribution in [2.75, 3.05) is 7.05 Å². The second kappa shape index (κ2) is 5.93. The van der Waals surface area contributed by atoms with Crippen molar-refractivity contribution in [2.24, 2.45) is 7.05 Å². The van der Waals surface area contributed by atoms with E-state index in [0.29, 0.717) is 0 Å². The minimum Gasteiger partial charge on any atom is -0.338 e. The molecule has 0 aliphatic carbocycles. The van der Waals surface area contributed by atoms with Gasteiger partial charge in [0.15, 0.2) is 0 Å². The van der Waals surface area contributed by atoms with Crippen LogP contribution >= 0.6 is 0 Å². The van der Waals surface area contributed by atoms with E-state index in [1.165, 1.54) is 5.56 Å². The highest BCUT2D eigenvalue weighted by molar-refractivity contribution is 5.25. The zero-order valence-corrected chi connectivity index (χ0v) is 12.0. The molecule has 0 aliphatic rings. The van der Waals surface area contributed by atoms with Crippen LogP contribution in [0.4, 0.5) is 0 Å². The molecule has 1 unspecified atom stereocenters. The Morgan fingerprint density at radius 2 is 2.16 bits per heavy atom. The maximum Gasteiger partial charge on any atom is 0.110 e. The Kier molecular flexibility index (Phi) is 4.27. The highest BCUT2D eigenvalue weighted by atomic mass is 15.1. The van der Waals surface area contributed by atoms with Crippen LogP contribution in [0.25, 0.3) is 0 Å². The molecule has 0 radical (unpaired) electrons. The van der Waals surface area contributed by atoms with Gasteiger partial charge in [0.05, 0.1) is 11.4 Å². The fraction of sp³-hybridized carbons (Fsp3) is 0.500. The van der Waals surface area contributed by atoms with Crippen LogP contribution in [0.3, 0.4) is 0 Å². The van der Waals surface area contributed by atoms with Gasteiger partial charge in [-0.25, -0.2) is 4.98 Å². The van der Waals surface area contributed by atoms with Crippen molar-refractivity contribution in [3.05, 3.63) is 41.2 Å². The molecule has 0 aromatic carbocycles. The van der Waals surface area contributed by atoms with E-state index in [9.17, 15) is 0 Å². The Morgan fingerprint density at radius 1 is 1.37 bits per heavy atom. The number of aromatic nitrogens is 4. The second-order valence-corrected chi connectivity index (χ2v) is 4.74. The first-order valence-electron chi connectivity index (χ1n) is 6.62. The van der Waals surface area contributed by atoms with Crippen molar-refractivity contribution in [1.82, 2.24) is 25.1 Å². The Labute approximate surface area is 114 Å². The minimum absolute atomic E-state index is 0.213. The monoisotopic (exact) mass is 259 g/mol. The van der Waals surface area contributed by atoms with Crippen molar-refractivity contribution < 1.29 is 0 Å². The molecule has 0 saturated carbocycles. The molecule has 19 heavy (non-hydrogen) atoms. The summed E-state index contributed by atoms with van der Waals surface area (Å²) in [5, 5.41) is 11.8. The highest BCUT2D eigenvalue weighted by Gasteiger charge is 2.17. The van der Waals surface area contributed by atoms with E-state index in [2.05, 4.69) is 38.1 Å². The average molecular weight is 259 g/mol. The standard InChI is InChI=1S/C14H21N5/c1-5-12-11(8-10(2)17-18-12)13(15-3)9-14-16-6-7-19(14)4/h6-8,13,15H,5,9H2,1-4H3. The van der Waals surface area contributed by atoms with Crippen LogP contribution in [0, 0.1) is 6.92 Å². The topological polar surface area (TPSA) is 55.6 Å². The maximum absolute atomic E-state index is 4.39. The third-order valence-corrected chi connectivity index (χ3v) is 3.39. The van der Waals surface area contributed by atoms with Gasteiger partial charge in [0.25, 0.3) is 0 Å². The number of aryl methyl sites for hydroxylation is 3. The quantitative estimate of drug-likeness (QED) is 0.886. The molecule has 2 heterocycles. The van der Waals surface area contributed by atoms with Gasteiger partial charge in [0, 0.05) is 31.9 Å². The fourth-order valence-electron chi connectivity index (χ4n) is 2.25. The van der Waals surface area contributed by atoms with Crippen LogP contribution in [0.1, 0.15) is 35.7 Å². The Bertz CT molecular complexity index is 547. The number of likely N-dealkylation sites (N-methyl/N-ethyl adjacent to an activating group) is 1. The molecule has 0 spiro atoms. The summed E-state index contributed by atoms with van der Waals surface area (Å²) >= 11 is 0. The molecule has 2 rings (SSSR count). The van der Waals surface area contributed by atoms with E-state index in [0.717, 1.165) is 30.1 Å². The summed E-state index contributed by atoms with van der Waals surface area (Å²) in [6, 6.07) is 2.33. The summed E-state index contributed by atoms with van der Waals surface area (Å²) in [5.74, 6) is 1.07. The van der Waals surface area contributed by atoms with E-state index in [-0.39, 0.29) is 6.04 Å². The molecule has 0 saturated heterocycles. The molecule has 2 aromatic rings. The third kappa shape index (κ3) is 2.98. The Morgan fingerprint density at radius 3 is 2.74 bits per heavy atom. The highest BCUT2D eigenvalue weighted by Crippen LogP contribution is 2.20. The van der Waals surface area contributed by atoms with Gasteiger partial charge in [-0.3, -0.25) is 0 Å². The second-order valence-electron chi connectivity index (χ2n) is 4.74. The van der Waals surface area contributed by atoms with Crippen LogP contribution in [-0.4, -0.2) is 26.8 Å². The lowest BCUT2D eigenvalue weighted by atomic mass is 10.0. The number of nitrogens with zero attached hydrogens (tertiary/aromatic N) is 4. The molecular weight excluding hydrogens is 238 g/mol. The lowest BCUT2D eigenvalue weighted by molar-refractivity contribution is 0.553. The molecule has 2 aromatic heterocycles. The first kappa shape index (κ1) is 13.7. The van der Waals surface area contributed by atoms with Crippen LogP contribution in [0.2, 0.25) is 0 Å². The van der Waals surface area contributed by atoms with Gasteiger partial charge in [0.2, 0.25) is 0 Å². The van der Waals surface area contributed by atoms with Gasteiger partial charge < -0.3 is 9.88 Å². The van der Waals surface area contributed by atoms with Gasteiger partial charge >= 0.3 is 0 Å². The van der Waals surface area contributed by atoms with Gasteiger partial charge in [-0.2, -0.15) is 10.2 Å². The van der Waals surface area contributed by atoms with E-state index < -0.39 is 0 Å². The molecule has 1 N–H and O–H groups in total. The summed E-state index contributed by atoms with van der Waals surface area (Å²) in [5.41, 5.74) is 3.23. The zero-order valence-electron chi connectivity index (χ0n) is 12.0. The zero-order chi connectivity index (χ0) is 13.8. The van der Waals surface area contributed by atoms with E-state index >= 15 is 0 Å². The molecule has 0 aliphatic heterocycles. The Hall–Kier alpha value is -1.75. The smallest absolute Gasteiger partial charge is 0.110 e. The number of hydrogen-bond acceptors (Lipinski definition) is 4. The largest absolute Gasteiger partial charge is 0.338 e. The fourth-order valence-corrected chi connectivity index (χ4v) is 2.25. The SMILES string of the molecule is CCc1nnc(C)cc1C(Cc1nccn1C)NC. The molecule has 0 bridgehead atoms. The van der Waals surface area contributed by atoms with Gasteiger partial charge in [-0.1, -0.05) is 6.92 Å². The summed E-state index contributed by atoms with van der Waals surface area (Å²) in [6.45, 7) is 4.08. The molecule has 0 amide bonds. The predicted octanol–water partition coefficient (Wildman–Crippen LogP) is 1.58. The summed E-state index contributed by atoms with van der Waals surface area (Å²) in [7, 11) is 3.99. The molecule has 0 fully saturated rings. The van der Waals surface area contributed by atoms with Crippen molar-refractivity contribution in [1.29, 1.82) is 0 Å². The normalized spacial score (nSPS) is 12.6. The number of imidazole rings is 1. The first-order chi connectivity index (χ1) is 9.15. The minimum atomic E-state index is 0.213. The molecule has 5 nitrogen and oxygen atoms in total. The molecule has 5 heteroatoms. The van der Waals surface area contributed by atoms with E-state index in [4.69, 9.17) is 0 Å². The van der Waals surface area contributed by atoms with Crippen molar-refractivity contribution in [3.63, 3.8) is 0 Å². The number of nitrogens with one attached hydrogen (secondary N) is 1. The van der Waals surface area contributed by atoms with Crippen molar-refractivity contribution >= 4 is 0 Å². The predicted molar refractivity (Wildman–Crippen MR) is 74.9 cm³/mol. The first-order valence-corrected chi connectivity index (χ1v) is 6.62. The molecule has 1 atom stereocenters. The summed E-state index contributed by atoms with van der Waals surface area (Å²) < 4.78 is 2.05. The average Bonchev–Trinajstić information content (AvgIpc) is 2.81. The van der Waals surface area contributed by atoms with Crippen molar-refractivity contribution in [2.45, 2.75) is 32.7 Å². The molecule has 102 valence electrons. The van der Waals surface area contributed by atoms with Crippen molar-refractivity contribution in [3.8, 4) is 0 Å². The van der Waals surface area contributed by atoms with E-state index in [1.54, 1.807) is 0 Å². The van der Waals surface area contributed by atoms with Gasteiger partial charge in [-0.15, -0.1) is 0 Å². The number of hydrogen-bond donors (Lipinski definition) is 1. The summed E-state index contributed by atoms with van der Waals surface area (Å²) in [6.07, 6.45) is 5.54. The van der Waals surface area contributed by atoms with Crippen LogP contribution in [-0.2, 0) is 19.9 Å². The van der Waals surface area contributed by atoms with Gasteiger partial charge in [0.1, 0.15) is 5.82 Å².